The first-order valence-electron chi connectivity index (χ1n) is 5.00. The summed E-state index contributed by atoms with van der Waals surface area (Å²) in [4.78, 5) is 32.5. The molecule has 0 heterocycles. The van der Waals surface area contributed by atoms with Crippen LogP contribution in [0.5, 0.6) is 0 Å². The van der Waals surface area contributed by atoms with Gasteiger partial charge in [-0.1, -0.05) is 0 Å². The molecular formula is C10H18N2O4. The van der Waals surface area contributed by atoms with Crippen molar-refractivity contribution in [3.05, 3.63) is 0 Å². The Morgan fingerprint density at radius 1 is 1.12 bits per heavy atom. The highest BCUT2D eigenvalue weighted by Gasteiger charge is 2.14. The molecule has 0 saturated carbocycles. The molecule has 0 aliphatic carbocycles. The Hall–Kier alpha value is -1.59. The molecule has 2 amide bonds. The van der Waals surface area contributed by atoms with Crippen molar-refractivity contribution in [1.29, 1.82) is 0 Å². The summed E-state index contributed by atoms with van der Waals surface area (Å²) in [5, 5.41) is 13.3. The van der Waals surface area contributed by atoms with E-state index in [2.05, 4.69) is 10.6 Å². The Morgan fingerprint density at radius 2 is 1.69 bits per heavy atom. The van der Waals surface area contributed by atoms with Crippen LogP contribution in [0, 0.1) is 0 Å². The molecule has 0 bridgehead atoms. The number of nitrogens with one attached hydrogen (secondary N) is 2. The van der Waals surface area contributed by atoms with Crippen LogP contribution in [-0.2, 0) is 9.59 Å². The second-order valence-corrected chi connectivity index (χ2v) is 4.49. The van der Waals surface area contributed by atoms with E-state index in [1.54, 1.807) is 0 Å². The van der Waals surface area contributed by atoms with Crippen molar-refractivity contribution in [2.24, 2.45) is 0 Å². The Balaban J connectivity index is 3.76. The second-order valence-electron chi connectivity index (χ2n) is 4.49. The SMILES string of the molecule is CC(C)(C)NC(=O)NCC(=O)CCC(=O)O. The summed E-state index contributed by atoms with van der Waals surface area (Å²) in [5.74, 6) is -1.32. The minimum absolute atomic E-state index is 0.0644. The zero-order valence-electron chi connectivity index (χ0n) is 9.79. The molecule has 0 aliphatic heterocycles. The Bertz CT molecular complexity index is 281. The molecule has 0 aromatic carbocycles. The number of ketones is 1. The summed E-state index contributed by atoms with van der Waals surface area (Å²) < 4.78 is 0. The molecule has 6 heteroatoms. The summed E-state index contributed by atoms with van der Waals surface area (Å²) >= 11 is 0. The van der Waals surface area contributed by atoms with E-state index in [0.29, 0.717) is 0 Å². The standard InChI is InChI=1S/C10H18N2O4/c1-10(2,3)12-9(16)11-6-7(13)4-5-8(14)15/h4-6H2,1-3H3,(H,14,15)(H2,11,12,16). The number of urea groups is 1. The third-order valence-electron chi connectivity index (χ3n) is 1.55. The van der Waals surface area contributed by atoms with Gasteiger partial charge in [0.1, 0.15) is 0 Å². The molecule has 0 aromatic rings. The van der Waals surface area contributed by atoms with Crippen LogP contribution in [0.4, 0.5) is 4.79 Å². The molecule has 0 fully saturated rings. The summed E-state index contributed by atoms with van der Waals surface area (Å²) in [6, 6.07) is -0.434. The van der Waals surface area contributed by atoms with E-state index in [1.807, 2.05) is 20.8 Å². The van der Waals surface area contributed by atoms with Gasteiger partial charge < -0.3 is 15.7 Å². The average molecular weight is 230 g/mol. The van der Waals surface area contributed by atoms with Crippen LogP contribution in [0.15, 0.2) is 0 Å². The van der Waals surface area contributed by atoms with E-state index in [1.165, 1.54) is 0 Å². The Labute approximate surface area is 94.4 Å². The Kier molecular flexibility index (Phi) is 5.49. The predicted octanol–water partition coefficient (Wildman–Crippen LogP) is 0.518. The van der Waals surface area contributed by atoms with Gasteiger partial charge in [-0.2, -0.15) is 0 Å². The van der Waals surface area contributed by atoms with E-state index < -0.39 is 12.0 Å². The van der Waals surface area contributed by atoms with Gasteiger partial charge in [0.05, 0.1) is 13.0 Å². The molecular weight excluding hydrogens is 212 g/mol. The lowest BCUT2D eigenvalue weighted by Gasteiger charge is -2.20. The number of Topliss-reactive ketones (excluding diaryl/α,β-unsaturated/α-hetero) is 1. The van der Waals surface area contributed by atoms with Gasteiger partial charge >= 0.3 is 12.0 Å². The summed E-state index contributed by atoms with van der Waals surface area (Å²) in [6.45, 7) is 5.31. The molecule has 16 heavy (non-hydrogen) atoms. The number of carbonyl (C=O) groups excluding carboxylic acids is 2. The predicted molar refractivity (Wildman–Crippen MR) is 58.2 cm³/mol. The highest BCUT2D eigenvalue weighted by atomic mass is 16.4. The number of amides is 2. The van der Waals surface area contributed by atoms with Gasteiger partial charge in [-0.25, -0.2) is 4.79 Å². The van der Waals surface area contributed by atoms with Gasteiger partial charge in [0.2, 0.25) is 0 Å². The minimum Gasteiger partial charge on any atom is -0.481 e. The number of hydrogen-bond acceptors (Lipinski definition) is 3. The van der Waals surface area contributed by atoms with E-state index in [9.17, 15) is 14.4 Å². The van der Waals surface area contributed by atoms with Gasteiger partial charge in [-0.3, -0.25) is 9.59 Å². The van der Waals surface area contributed by atoms with Crippen molar-refractivity contribution in [3.63, 3.8) is 0 Å². The molecule has 0 unspecified atom stereocenters. The quantitative estimate of drug-likeness (QED) is 0.641. The van der Waals surface area contributed by atoms with Gasteiger partial charge in [0, 0.05) is 12.0 Å². The first-order valence-corrected chi connectivity index (χ1v) is 5.00. The third kappa shape index (κ3) is 8.98. The monoisotopic (exact) mass is 230 g/mol. The lowest BCUT2D eigenvalue weighted by molar-refractivity contribution is -0.138. The number of hydrogen-bond donors (Lipinski definition) is 3. The van der Waals surface area contributed by atoms with Crippen LogP contribution in [0.1, 0.15) is 33.6 Å². The molecule has 0 spiro atoms. The minimum atomic E-state index is -1.02. The van der Waals surface area contributed by atoms with Crippen molar-refractivity contribution in [2.75, 3.05) is 6.54 Å². The summed E-state index contributed by atoms with van der Waals surface area (Å²) in [6.07, 6.45) is -0.271. The van der Waals surface area contributed by atoms with E-state index in [0.717, 1.165) is 0 Å². The highest BCUT2D eigenvalue weighted by molar-refractivity contribution is 5.87. The van der Waals surface area contributed by atoms with Crippen LogP contribution in [0.3, 0.4) is 0 Å². The van der Waals surface area contributed by atoms with Crippen LogP contribution in [0.2, 0.25) is 0 Å². The van der Waals surface area contributed by atoms with Gasteiger partial charge in [0.15, 0.2) is 5.78 Å². The Morgan fingerprint density at radius 3 is 2.12 bits per heavy atom. The van der Waals surface area contributed by atoms with Crippen molar-refractivity contribution < 1.29 is 19.5 Å². The average Bonchev–Trinajstić information content (AvgIpc) is 2.08. The fraction of sp³-hybridized carbons (Fsp3) is 0.700. The van der Waals surface area contributed by atoms with Crippen LogP contribution in [0.25, 0.3) is 0 Å². The number of rotatable bonds is 5. The first kappa shape index (κ1) is 14.4. The zero-order valence-corrected chi connectivity index (χ0v) is 9.79. The number of carboxylic acids is 1. The van der Waals surface area contributed by atoms with E-state index >= 15 is 0 Å². The van der Waals surface area contributed by atoms with Crippen LogP contribution in [-0.4, -0.2) is 35.0 Å². The maximum atomic E-state index is 11.2. The fourth-order valence-electron chi connectivity index (χ4n) is 0.898. The second kappa shape index (κ2) is 6.09. The third-order valence-corrected chi connectivity index (χ3v) is 1.55. The first-order chi connectivity index (χ1) is 7.20. The molecule has 0 aromatic heterocycles. The molecule has 0 saturated heterocycles. The normalized spacial score (nSPS) is 10.7. The van der Waals surface area contributed by atoms with E-state index in [-0.39, 0.29) is 30.7 Å². The largest absolute Gasteiger partial charge is 0.481 e. The maximum absolute atomic E-state index is 11.2. The van der Waals surface area contributed by atoms with Crippen molar-refractivity contribution in [2.45, 2.75) is 39.2 Å². The smallest absolute Gasteiger partial charge is 0.315 e. The molecule has 92 valence electrons. The van der Waals surface area contributed by atoms with Gasteiger partial charge in [0.25, 0.3) is 0 Å². The lowest BCUT2D eigenvalue weighted by atomic mass is 10.1. The topological polar surface area (TPSA) is 95.5 Å². The summed E-state index contributed by atoms with van der Waals surface area (Å²) in [7, 11) is 0. The number of aliphatic carboxylic acids is 1. The van der Waals surface area contributed by atoms with E-state index in [4.69, 9.17) is 5.11 Å². The molecule has 6 nitrogen and oxygen atoms in total. The lowest BCUT2D eigenvalue weighted by Crippen LogP contribution is -2.47. The highest BCUT2D eigenvalue weighted by Crippen LogP contribution is 1.97. The molecule has 0 radical (unpaired) electrons. The van der Waals surface area contributed by atoms with Gasteiger partial charge in [-0.05, 0) is 20.8 Å². The van der Waals surface area contributed by atoms with Crippen molar-refractivity contribution in [1.82, 2.24) is 10.6 Å². The molecule has 3 N–H and O–H groups in total. The van der Waals surface area contributed by atoms with Crippen molar-refractivity contribution >= 4 is 17.8 Å². The van der Waals surface area contributed by atoms with Crippen LogP contribution < -0.4 is 10.6 Å². The number of carboxylic acid groups (broad SMARTS) is 1. The molecule has 0 aliphatic rings. The molecule has 0 rings (SSSR count). The zero-order chi connectivity index (χ0) is 12.8. The fourth-order valence-corrected chi connectivity index (χ4v) is 0.898. The maximum Gasteiger partial charge on any atom is 0.315 e. The summed E-state index contributed by atoms with van der Waals surface area (Å²) in [5.41, 5.74) is -0.367. The van der Waals surface area contributed by atoms with Crippen LogP contribution >= 0.6 is 0 Å². The van der Waals surface area contributed by atoms with Crippen molar-refractivity contribution in [3.8, 4) is 0 Å². The molecule has 0 atom stereocenters. The number of carbonyl (C=O) groups is 3. The van der Waals surface area contributed by atoms with Gasteiger partial charge in [-0.15, -0.1) is 0 Å².